The van der Waals surface area contributed by atoms with Crippen LogP contribution in [0.1, 0.15) is 43.1 Å². The summed E-state index contributed by atoms with van der Waals surface area (Å²) in [5.74, 6) is -1.23. The molecule has 1 aromatic rings. The molecule has 100 valence electrons. The van der Waals surface area contributed by atoms with Crippen molar-refractivity contribution in [3.05, 3.63) is 35.4 Å². The maximum absolute atomic E-state index is 12.3. The first-order chi connectivity index (χ1) is 8.87. The van der Waals surface area contributed by atoms with Crippen LogP contribution in [-0.2, 0) is 19.7 Å². The predicted octanol–water partition coefficient (Wildman–Crippen LogP) is 2.05. The van der Waals surface area contributed by atoms with Gasteiger partial charge in [-0.1, -0.05) is 24.3 Å². The molecule has 0 bridgehead atoms. The van der Waals surface area contributed by atoms with E-state index in [0.29, 0.717) is 11.1 Å². The topological polar surface area (TPSA) is 60.4 Å². The molecule has 1 atom stereocenters. The second-order valence-corrected chi connectivity index (χ2v) is 5.15. The molecule has 0 amide bonds. The maximum atomic E-state index is 12.3. The Morgan fingerprint density at radius 2 is 1.89 bits per heavy atom. The quantitative estimate of drug-likeness (QED) is 0.603. The Hall–Kier alpha value is -1.97. The Bertz CT molecular complexity index is 559. The highest BCUT2D eigenvalue weighted by Gasteiger charge is 2.49. The number of benzene rings is 1. The molecule has 1 aliphatic carbocycles. The van der Waals surface area contributed by atoms with Gasteiger partial charge in [-0.15, -0.1) is 0 Å². The zero-order chi connectivity index (χ0) is 14.2. The summed E-state index contributed by atoms with van der Waals surface area (Å²) in [4.78, 5) is 36.3. The van der Waals surface area contributed by atoms with Crippen molar-refractivity contribution in [2.75, 3.05) is 0 Å². The fourth-order valence-corrected chi connectivity index (χ4v) is 2.29. The van der Waals surface area contributed by atoms with Crippen LogP contribution in [0.5, 0.6) is 0 Å². The van der Waals surface area contributed by atoms with Crippen molar-refractivity contribution in [3.63, 3.8) is 0 Å². The van der Waals surface area contributed by atoms with E-state index in [1.54, 1.807) is 38.1 Å². The molecule has 0 aliphatic heterocycles. The number of fused-ring (bicyclic) bond motifs is 1. The van der Waals surface area contributed by atoms with E-state index >= 15 is 0 Å². The molecule has 1 unspecified atom stereocenters. The van der Waals surface area contributed by atoms with Gasteiger partial charge in [-0.05, 0) is 26.3 Å². The van der Waals surface area contributed by atoms with Crippen LogP contribution in [0.3, 0.4) is 0 Å². The molecule has 0 spiro atoms. The van der Waals surface area contributed by atoms with Crippen molar-refractivity contribution in [1.29, 1.82) is 0 Å². The van der Waals surface area contributed by atoms with E-state index in [0.717, 1.165) is 0 Å². The number of rotatable bonds is 2. The van der Waals surface area contributed by atoms with Gasteiger partial charge in [0, 0.05) is 5.56 Å². The molecular formula is C15H16O4. The Kier molecular flexibility index (Phi) is 3.27. The Morgan fingerprint density at radius 3 is 2.53 bits per heavy atom. The van der Waals surface area contributed by atoms with Crippen LogP contribution >= 0.6 is 0 Å². The van der Waals surface area contributed by atoms with E-state index in [-0.39, 0.29) is 18.3 Å². The molecule has 0 aromatic heterocycles. The summed E-state index contributed by atoms with van der Waals surface area (Å²) in [6, 6.07) is 6.73. The largest absolute Gasteiger partial charge is 0.462 e. The molecule has 0 saturated carbocycles. The first kappa shape index (κ1) is 13.5. The first-order valence-electron chi connectivity index (χ1n) is 6.24. The SMILES string of the molecule is CC(C)OC(=O)C1(C)C(=O)CC(=O)c2ccccc21. The van der Waals surface area contributed by atoms with Gasteiger partial charge in [0.2, 0.25) is 0 Å². The molecule has 1 aliphatic rings. The predicted molar refractivity (Wildman–Crippen MR) is 69.0 cm³/mol. The molecule has 19 heavy (non-hydrogen) atoms. The van der Waals surface area contributed by atoms with Crippen LogP contribution in [0.15, 0.2) is 24.3 Å². The summed E-state index contributed by atoms with van der Waals surface area (Å²) in [7, 11) is 0. The minimum Gasteiger partial charge on any atom is -0.462 e. The fourth-order valence-electron chi connectivity index (χ4n) is 2.29. The van der Waals surface area contributed by atoms with Gasteiger partial charge in [-0.3, -0.25) is 14.4 Å². The number of carbonyl (C=O) groups excluding carboxylic acids is 3. The molecule has 4 heteroatoms. The summed E-state index contributed by atoms with van der Waals surface area (Å²) in [5, 5.41) is 0. The molecule has 2 rings (SSSR count). The van der Waals surface area contributed by atoms with Gasteiger partial charge in [-0.25, -0.2) is 0 Å². The molecule has 4 nitrogen and oxygen atoms in total. The number of Topliss-reactive ketones (excluding diaryl/α,β-unsaturated/α-hetero) is 2. The molecular weight excluding hydrogens is 244 g/mol. The zero-order valence-electron chi connectivity index (χ0n) is 11.2. The number of hydrogen-bond acceptors (Lipinski definition) is 4. The fraction of sp³-hybridized carbons (Fsp3) is 0.400. The molecule has 0 saturated heterocycles. The summed E-state index contributed by atoms with van der Waals surface area (Å²) in [5.41, 5.74) is -0.499. The number of hydrogen-bond donors (Lipinski definition) is 0. The monoisotopic (exact) mass is 260 g/mol. The lowest BCUT2D eigenvalue weighted by atomic mass is 9.70. The van der Waals surface area contributed by atoms with Crippen molar-refractivity contribution >= 4 is 17.5 Å². The van der Waals surface area contributed by atoms with Crippen LogP contribution in [0.2, 0.25) is 0 Å². The van der Waals surface area contributed by atoms with Crippen LogP contribution < -0.4 is 0 Å². The number of esters is 1. The van der Waals surface area contributed by atoms with Gasteiger partial charge in [0.15, 0.2) is 11.6 Å². The number of ketones is 2. The highest BCUT2D eigenvalue weighted by Crippen LogP contribution is 2.35. The summed E-state index contributed by atoms with van der Waals surface area (Å²) in [6.07, 6.45) is -0.553. The van der Waals surface area contributed by atoms with E-state index in [1.807, 2.05) is 0 Å². The van der Waals surface area contributed by atoms with Crippen LogP contribution in [0, 0.1) is 0 Å². The van der Waals surface area contributed by atoms with Crippen molar-refractivity contribution in [1.82, 2.24) is 0 Å². The normalized spacial score (nSPS) is 22.3. The summed E-state index contributed by atoms with van der Waals surface area (Å²) >= 11 is 0. The standard InChI is InChI=1S/C15H16O4/c1-9(2)19-14(18)15(3)11-7-5-4-6-10(11)12(16)8-13(15)17/h4-7,9H,8H2,1-3H3. The first-order valence-corrected chi connectivity index (χ1v) is 6.24. The third-order valence-corrected chi connectivity index (χ3v) is 3.40. The average molecular weight is 260 g/mol. The van der Waals surface area contributed by atoms with Gasteiger partial charge in [0.25, 0.3) is 0 Å². The molecule has 0 fully saturated rings. The van der Waals surface area contributed by atoms with Crippen LogP contribution in [0.25, 0.3) is 0 Å². The van der Waals surface area contributed by atoms with E-state index in [1.165, 1.54) is 6.92 Å². The van der Waals surface area contributed by atoms with Crippen molar-refractivity contribution in [3.8, 4) is 0 Å². The van der Waals surface area contributed by atoms with E-state index in [2.05, 4.69) is 0 Å². The smallest absolute Gasteiger partial charge is 0.324 e. The number of carbonyl (C=O) groups is 3. The third kappa shape index (κ3) is 2.07. The van der Waals surface area contributed by atoms with Crippen molar-refractivity contribution < 1.29 is 19.1 Å². The zero-order valence-corrected chi connectivity index (χ0v) is 11.2. The second kappa shape index (κ2) is 4.61. The van der Waals surface area contributed by atoms with Gasteiger partial charge in [0.05, 0.1) is 12.5 Å². The molecule has 0 heterocycles. The van der Waals surface area contributed by atoms with Gasteiger partial charge in [-0.2, -0.15) is 0 Å². The van der Waals surface area contributed by atoms with Crippen LogP contribution in [-0.4, -0.2) is 23.6 Å². The Balaban J connectivity index is 2.56. The third-order valence-electron chi connectivity index (χ3n) is 3.40. The van der Waals surface area contributed by atoms with E-state index in [4.69, 9.17) is 4.74 Å². The number of ether oxygens (including phenoxy) is 1. The van der Waals surface area contributed by atoms with Gasteiger partial charge < -0.3 is 4.74 Å². The maximum Gasteiger partial charge on any atom is 0.324 e. The summed E-state index contributed by atoms with van der Waals surface area (Å²) < 4.78 is 5.18. The van der Waals surface area contributed by atoms with Crippen molar-refractivity contribution in [2.24, 2.45) is 0 Å². The lowest BCUT2D eigenvalue weighted by molar-refractivity contribution is -0.157. The highest BCUT2D eigenvalue weighted by molar-refractivity contribution is 6.23. The lowest BCUT2D eigenvalue weighted by Crippen LogP contribution is -2.47. The minimum atomic E-state index is -1.38. The Morgan fingerprint density at radius 1 is 1.26 bits per heavy atom. The van der Waals surface area contributed by atoms with Gasteiger partial charge in [0.1, 0.15) is 5.41 Å². The molecule has 0 radical (unpaired) electrons. The highest BCUT2D eigenvalue weighted by atomic mass is 16.5. The molecule has 1 aromatic carbocycles. The lowest BCUT2D eigenvalue weighted by Gasteiger charge is -2.32. The second-order valence-electron chi connectivity index (χ2n) is 5.15. The Labute approximate surface area is 111 Å². The summed E-state index contributed by atoms with van der Waals surface area (Å²) in [6.45, 7) is 4.99. The van der Waals surface area contributed by atoms with E-state index < -0.39 is 17.2 Å². The van der Waals surface area contributed by atoms with Gasteiger partial charge >= 0.3 is 5.97 Å². The average Bonchev–Trinajstić information content (AvgIpc) is 2.35. The molecule has 0 N–H and O–H groups in total. The van der Waals surface area contributed by atoms with E-state index in [9.17, 15) is 14.4 Å². The van der Waals surface area contributed by atoms with Crippen molar-refractivity contribution in [2.45, 2.75) is 38.7 Å². The minimum absolute atomic E-state index is 0.240. The van der Waals surface area contributed by atoms with Crippen LogP contribution in [0.4, 0.5) is 0 Å².